The number of hydrogen-bond donors (Lipinski definition) is 2. The normalized spacial score (nSPS) is 10.9. The van der Waals surface area contributed by atoms with Crippen LogP contribution in [0.25, 0.3) is 22.0 Å². The molecule has 3 N–H and O–H groups in total. The fourth-order valence-corrected chi connectivity index (χ4v) is 2.36. The lowest BCUT2D eigenvalue weighted by Crippen LogP contribution is -1.86. The first-order chi connectivity index (χ1) is 8.25. The van der Waals surface area contributed by atoms with Crippen molar-refractivity contribution in [2.45, 2.75) is 0 Å². The van der Waals surface area contributed by atoms with Gasteiger partial charge in [-0.25, -0.2) is 0 Å². The van der Waals surface area contributed by atoms with Gasteiger partial charge in [-0.05, 0) is 29.8 Å². The van der Waals surface area contributed by atoms with Crippen LogP contribution in [0, 0.1) is 0 Å². The highest BCUT2D eigenvalue weighted by molar-refractivity contribution is 6.34. The zero-order valence-electron chi connectivity index (χ0n) is 9.07. The molecule has 3 aromatic rings. The molecule has 0 amide bonds. The van der Waals surface area contributed by atoms with Crippen molar-refractivity contribution < 1.29 is 0 Å². The van der Waals surface area contributed by atoms with E-state index in [0.29, 0.717) is 10.7 Å². The number of fused-ring (bicyclic) bond motifs is 1. The summed E-state index contributed by atoms with van der Waals surface area (Å²) in [7, 11) is 0. The summed E-state index contributed by atoms with van der Waals surface area (Å²) in [6, 6.07) is 13.8. The Balaban J connectivity index is 2.30. The van der Waals surface area contributed by atoms with E-state index in [1.165, 1.54) is 5.39 Å². The summed E-state index contributed by atoms with van der Waals surface area (Å²) in [6.45, 7) is 0. The SMILES string of the molecule is Nc1ccc(-c2cccc3[nH]ccc23)c(Cl)c1. The lowest BCUT2D eigenvalue weighted by Gasteiger charge is -2.07. The van der Waals surface area contributed by atoms with Gasteiger partial charge in [-0.2, -0.15) is 0 Å². The van der Waals surface area contributed by atoms with Gasteiger partial charge in [-0.15, -0.1) is 0 Å². The zero-order valence-corrected chi connectivity index (χ0v) is 9.83. The molecule has 0 unspecified atom stereocenters. The minimum absolute atomic E-state index is 0.679. The van der Waals surface area contributed by atoms with Crippen LogP contribution >= 0.6 is 11.6 Å². The highest BCUT2D eigenvalue weighted by Crippen LogP contribution is 2.34. The maximum atomic E-state index is 6.24. The minimum atomic E-state index is 0.679. The van der Waals surface area contributed by atoms with Crippen LogP contribution in [-0.2, 0) is 0 Å². The summed E-state index contributed by atoms with van der Waals surface area (Å²) in [5.41, 5.74) is 9.62. The van der Waals surface area contributed by atoms with Crippen LogP contribution in [0.1, 0.15) is 0 Å². The molecule has 3 rings (SSSR count). The molecule has 0 atom stereocenters. The zero-order chi connectivity index (χ0) is 11.8. The topological polar surface area (TPSA) is 41.8 Å². The van der Waals surface area contributed by atoms with Crippen molar-refractivity contribution in [3.63, 3.8) is 0 Å². The Bertz CT molecular complexity index is 686. The van der Waals surface area contributed by atoms with Gasteiger partial charge in [0.15, 0.2) is 0 Å². The smallest absolute Gasteiger partial charge is 0.0505 e. The molecule has 0 aliphatic heterocycles. The second kappa shape index (κ2) is 3.82. The van der Waals surface area contributed by atoms with Crippen LogP contribution < -0.4 is 5.73 Å². The van der Waals surface area contributed by atoms with E-state index in [1.54, 1.807) is 6.07 Å². The van der Waals surface area contributed by atoms with Crippen LogP contribution in [0.5, 0.6) is 0 Å². The van der Waals surface area contributed by atoms with E-state index < -0.39 is 0 Å². The molecule has 0 aliphatic carbocycles. The third-order valence-corrected chi connectivity index (χ3v) is 3.19. The molecule has 2 nitrogen and oxygen atoms in total. The molecule has 0 bridgehead atoms. The Kier molecular flexibility index (Phi) is 2.30. The van der Waals surface area contributed by atoms with Gasteiger partial charge < -0.3 is 10.7 Å². The summed E-state index contributed by atoms with van der Waals surface area (Å²) in [5, 5.41) is 1.85. The van der Waals surface area contributed by atoms with Gasteiger partial charge in [-0.1, -0.05) is 29.8 Å². The van der Waals surface area contributed by atoms with E-state index in [9.17, 15) is 0 Å². The monoisotopic (exact) mass is 242 g/mol. The molecule has 84 valence electrons. The molecule has 2 aromatic carbocycles. The number of halogens is 1. The molecule has 0 radical (unpaired) electrons. The third-order valence-electron chi connectivity index (χ3n) is 2.88. The fourth-order valence-electron chi connectivity index (χ4n) is 2.07. The third kappa shape index (κ3) is 1.67. The van der Waals surface area contributed by atoms with Crippen molar-refractivity contribution in [1.82, 2.24) is 4.98 Å². The molecular formula is C14H11ClN2. The molecule has 0 fully saturated rings. The second-order valence-corrected chi connectivity index (χ2v) is 4.39. The Hall–Kier alpha value is -1.93. The van der Waals surface area contributed by atoms with Crippen LogP contribution in [0.4, 0.5) is 5.69 Å². The van der Waals surface area contributed by atoms with Gasteiger partial charge in [0, 0.05) is 28.4 Å². The number of H-pyrrole nitrogens is 1. The number of nitrogens with one attached hydrogen (secondary N) is 1. The molecule has 0 saturated carbocycles. The molecule has 3 heteroatoms. The van der Waals surface area contributed by atoms with E-state index in [-0.39, 0.29) is 0 Å². The maximum absolute atomic E-state index is 6.24. The van der Waals surface area contributed by atoms with Crippen molar-refractivity contribution in [2.75, 3.05) is 5.73 Å². The number of aromatic nitrogens is 1. The van der Waals surface area contributed by atoms with Gasteiger partial charge in [0.2, 0.25) is 0 Å². The first kappa shape index (κ1) is 10.2. The van der Waals surface area contributed by atoms with Crippen LogP contribution in [0.3, 0.4) is 0 Å². The number of nitrogen functional groups attached to an aromatic ring is 1. The number of aromatic amines is 1. The van der Waals surface area contributed by atoms with Crippen LogP contribution in [0.15, 0.2) is 48.7 Å². The number of rotatable bonds is 1. The predicted molar refractivity (Wildman–Crippen MR) is 73.2 cm³/mol. The summed E-state index contributed by atoms with van der Waals surface area (Å²) in [5.74, 6) is 0. The molecule has 0 spiro atoms. The fraction of sp³-hybridized carbons (Fsp3) is 0. The maximum Gasteiger partial charge on any atom is 0.0505 e. The Morgan fingerprint density at radius 1 is 1.00 bits per heavy atom. The summed E-state index contributed by atoms with van der Waals surface area (Å²) < 4.78 is 0. The van der Waals surface area contributed by atoms with Crippen molar-refractivity contribution >= 4 is 28.2 Å². The predicted octanol–water partition coefficient (Wildman–Crippen LogP) is 4.07. The van der Waals surface area contributed by atoms with E-state index >= 15 is 0 Å². The van der Waals surface area contributed by atoms with E-state index in [4.69, 9.17) is 17.3 Å². The van der Waals surface area contributed by atoms with Crippen molar-refractivity contribution in [3.05, 3.63) is 53.7 Å². The Morgan fingerprint density at radius 3 is 2.71 bits per heavy atom. The molecule has 17 heavy (non-hydrogen) atoms. The van der Waals surface area contributed by atoms with Crippen molar-refractivity contribution in [3.8, 4) is 11.1 Å². The summed E-state index contributed by atoms with van der Waals surface area (Å²) in [6.07, 6.45) is 1.93. The molecule has 0 saturated heterocycles. The standard InChI is InChI=1S/C14H11ClN2/c15-13-8-9(16)4-5-11(13)10-2-1-3-14-12(10)6-7-17-14/h1-8,17H,16H2. The minimum Gasteiger partial charge on any atom is -0.399 e. The number of hydrogen-bond acceptors (Lipinski definition) is 1. The lowest BCUT2D eigenvalue weighted by molar-refractivity contribution is 1.48. The molecular weight excluding hydrogens is 232 g/mol. The number of anilines is 1. The van der Waals surface area contributed by atoms with Crippen molar-refractivity contribution in [1.29, 1.82) is 0 Å². The van der Waals surface area contributed by atoms with Crippen molar-refractivity contribution in [2.24, 2.45) is 0 Å². The highest BCUT2D eigenvalue weighted by Gasteiger charge is 2.07. The summed E-state index contributed by atoms with van der Waals surface area (Å²) in [4.78, 5) is 3.19. The highest BCUT2D eigenvalue weighted by atomic mass is 35.5. The van der Waals surface area contributed by atoms with Gasteiger partial charge in [-0.3, -0.25) is 0 Å². The van der Waals surface area contributed by atoms with Gasteiger partial charge >= 0.3 is 0 Å². The first-order valence-corrected chi connectivity index (χ1v) is 5.75. The molecule has 0 aliphatic rings. The number of benzene rings is 2. The van der Waals surface area contributed by atoms with Crippen LogP contribution in [-0.4, -0.2) is 4.98 Å². The van der Waals surface area contributed by atoms with Gasteiger partial charge in [0.25, 0.3) is 0 Å². The number of nitrogens with two attached hydrogens (primary N) is 1. The summed E-state index contributed by atoms with van der Waals surface area (Å²) >= 11 is 6.24. The quantitative estimate of drug-likeness (QED) is 0.621. The lowest BCUT2D eigenvalue weighted by atomic mass is 10.0. The Morgan fingerprint density at radius 2 is 1.88 bits per heavy atom. The average Bonchev–Trinajstić information content (AvgIpc) is 2.77. The molecule has 1 aromatic heterocycles. The largest absolute Gasteiger partial charge is 0.399 e. The Labute approximate surface area is 104 Å². The van der Waals surface area contributed by atoms with Gasteiger partial charge in [0.05, 0.1) is 5.02 Å². The average molecular weight is 243 g/mol. The van der Waals surface area contributed by atoms with E-state index in [0.717, 1.165) is 16.6 Å². The van der Waals surface area contributed by atoms with E-state index in [2.05, 4.69) is 17.1 Å². The second-order valence-electron chi connectivity index (χ2n) is 3.98. The van der Waals surface area contributed by atoms with Gasteiger partial charge in [0.1, 0.15) is 0 Å². The van der Waals surface area contributed by atoms with Crippen LogP contribution in [0.2, 0.25) is 5.02 Å². The van der Waals surface area contributed by atoms with E-state index in [1.807, 2.05) is 30.5 Å². The first-order valence-electron chi connectivity index (χ1n) is 5.37. The molecule has 1 heterocycles.